The van der Waals surface area contributed by atoms with Gasteiger partial charge in [0.25, 0.3) is 5.91 Å². The second-order valence-electron chi connectivity index (χ2n) is 7.09. The first-order valence-electron chi connectivity index (χ1n) is 9.23. The highest BCUT2D eigenvalue weighted by Gasteiger charge is 2.43. The summed E-state index contributed by atoms with van der Waals surface area (Å²) in [4.78, 5) is 28.4. The molecule has 2 aliphatic rings. The minimum absolute atomic E-state index is 0.166. The van der Waals surface area contributed by atoms with Gasteiger partial charge in [-0.25, -0.2) is 9.29 Å². The van der Waals surface area contributed by atoms with Crippen LogP contribution in [0.1, 0.15) is 19.3 Å². The van der Waals surface area contributed by atoms with Crippen molar-refractivity contribution >= 4 is 34.9 Å². The van der Waals surface area contributed by atoms with Gasteiger partial charge in [0.2, 0.25) is 5.91 Å². The molecule has 28 heavy (non-hydrogen) atoms. The molecule has 0 bridgehead atoms. The van der Waals surface area contributed by atoms with Crippen LogP contribution < -0.4 is 15.1 Å². The second-order valence-corrected chi connectivity index (χ2v) is 7.47. The molecule has 2 saturated heterocycles. The molecule has 4 rings (SSSR count). The molecule has 2 amide bonds. The Balaban J connectivity index is 1.35. The van der Waals surface area contributed by atoms with Crippen LogP contribution in [-0.4, -0.2) is 47.2 Å². The zero-order valence-corrected chi connectivity index (χ0v) is 15.8. The second kappa shape index (κ2) is 7.81. The summed E-state index contributed by atoms with van der Waals surface area (Å²) in [6.07, 6.45) is 1.91. The number of nitrogens with zero attached hydrogens (tertiary/aromatic N) is 4. The standard InChI is InChI=1S/C19H19ClFN5O2/c20-16-5-6-17(24-23-16)25-9-7-13(8-10-25)22-15-11-18(27)26(19(15)28)14-3-1-12(21)2-4-14/h1-6,13,15,22H,7-11H2/p+1/t15-/m1/s1. The van der Waals surface area contributed by atoms with E-state index in [1.807, 2.05) is 11.4 Å². The largest absolute Gasteiger partial charge is 0.355 e. The van der Waals surface area contributed by atoms with Crippen LogP contribution in [0.25, 0.3) is 0 Å². The lowest BCUT2D eigenvalue weighted by molar-refractivity contribution is -0.709. The number of piperidine rings is 1. The van der Waals surface area contributed by atoms with Gasteiger partial charge in [0.05, 0.1) is 18.2 Å². The van der Waals surface area contributed by atoms with Crippen LogP contribution in [0.3, 0.4) is 0 Å². The van der Waals surface area contributed by atoms with Crippen LogP contribution in [-0.2, 0) is 9.59 Å². The first-order valence-corrected chi connectivity index (χ1v) is 9.60. The molecule has 1 aromatic carbocycles. The Hall–Kier alpha value is -2.58. The molecule has 0 aliphatic carbocycles. The summed E-state index contributed by atoms with van der Waals surface area (Å²) in [5, 5.41) is 10.3. The number of hydrogen-bond acceptors (Lipinski definition) is 5. The summed E-state index contributed by atoms with van der Waals surface area (Å²) < 4.78 is 13.1. The maximum absolute atomic E-state index is 13.1. The summed E-state index contributed by atoms with van der Waals surface area (Å²) in [6.45, 7) is 1.60. The fourth-order valence-electron chi connectivity index (χ4n) is 3.79. The SMILES string of the molecule is O=C1C[C@@H]([NH2+]C2CCN(c3ccc(Cl)nn3)CC2)C(=O)N1c1ccc(F)cc1. The minimum Gasteiger partial charge on any atom is -0.355 e. The molecule has 1 atom stereocenters. The van der Waals surface area contributed by atoms with Crippen LogP contribution in [0, 0.1) is 5.82 Å². The van der Waals surface area contributed by atoms with Crippen molar-refractivity contribution in [2.45, 2.75) is 31.3 Å². The topological polar surface area (TPSA) is 83.0 Å². The Morgan fingerprint density at radius 3 is 2.39 bits per heavy atom. The molecular weight excluding hydrogens is 385 g/mol. The molecule has 7 nitrogen and oxygen atoms in total. The maximum Gasteiger partial charge on any atom is 0.292 e. The fourth-order valence-corrected chi connectivity index (χ4v) is 3.90. The van der Waals surface area contributed by atoms with Gasteiger partial charge in [-0.05, 0) is 36.4 Å². The number of anilines is 2. The van der Waals surface area contributed by atoms with E-state index in [2.05, 4.69) is 15.1 Å². The number of quaternary nitrogens is 1. The number of carbonyl (C=O) groups excluding carboxylic acids is 2. The highest BCUT2D eigenvalue weighted by atomic mass is 35.5. The highest BCUT2D eigenvalue weighted by molar-refractivity contribution is 6.29. The number of amides is 2. The van der Waals surface area contributed by atoms with Gasteiger partial charge in [-0.2, -0.15) is 0 Å². The monoisotopic (exact) mass is 404 g/mol. The van der Waals surface area contributed by atoms with Crippen LogP contribution in [0.15, 0.2) is 36.4 Å². The average Bonchev–Trinajstić information content (AvgIpc) is 2.97. The molecule has 0 spiro atoms. The summed E-state index contributed by atoms with van der Waals surface area (Å²) in [7, 11) is 0. The summed E-state index contributed by atoms with van der Waals surface area (Å²) >= 11 is 5.78. The lowest BCUT2D eigenvalue weighted by Gasteiger charge is -2.31. The van der Waals surface area contributed by atoms with Crippen LogP contribution in [0.4, 0.5) is 15.9 Å². The van der Waals surface area contributed by atoms with E-state index in [1.54, 1.807) is 6.07 Å². The third kappa shape index (κ3) is 3.83. The highest BCUT2D eigenvalue weighted by Crippen LogP contribution is 2.22. The van der Waals surface area contributed by atoms with Gasteiger partial charge in [-0.1, -0.05) is 11.6 Å². The number of halogens is 2. The van der Waals surface area contributed by atoms with E-state index in [-0.39, 0.29) is 24.3 Å². The predicted octanol–water partition coefficient (Wildman–Crippen LogP) is 1.13. The van der Waals surface area contributed by atoms with E-state index in [1.165, 1.54) is 29.2 Å². The Kier molecular flexibility index (Phi) is 5.23. The number of benzene rings is 1. The lowest BCUT2D eigenvalue weighted by Crippen LogP contribution is -2.97. The molecule has 1 aromatic heterocycles. The molecule has 2 aliphatic heterocycles. The third-order valence-electron chi connectivity index (χ3n) is 5.25. The third-order valence-corrected chi connectivity index (χ3v) is 5.45. The van der Waals surface area contributed by atoms with Crippen molar-refractivity contribution < 1.29 is 19.3 Å². The Morgan fingerprint density at radius 1 is 1.04 bits per heavy atom. The summed E-state index contributed by atoms with van der Waals surface area (Å²) in [5.74, 6) is -0.0881. The molecule has 3 heterocycles. The smallest absolute Gasteiger partial charge is 0.292 e. The average molecular weight is 405 g/mol. The number of imide groups is 1. The van der Waals surface area contributed by atoms with Gasteiger partial charge in [0.1, 0.15) is 5.82 Å². The zero-order chi connectivity index (χ0) is 19.7. The van der Waals surface area contributed by atoms with Gasteiger partial charge in [0, 0.05) is 25.9 Å². The lowest BCUT2D eigenvalue weighted by atomic mass is 10.0. The van der Waals surface area contributed by atoms with Gasteiger partial charge in [-0.3, -0.25) is 9.59 Å². The Morgan fingerprint density at radius 2 is 1.75 bits per heavy atom. The summed E-state index contributed by atoms with van der Waals surface area (Å²) in [6, 6.07) is 8.81. The number of carbonyl (C=O) groups is 2. The van der Waals surface area contributed by atoms with E-state index in [0.717, 1.165) is 31.7 Å². The van der Waals surface area contributed by atoms with E-state index in [0.29, 0.717) is 10.8 Å². The fraction of sp³-hybridized carbons (Fsp3) is 0.368. The van der Waals surface area contributed by atoms with Gasteiger partial charge < -0.3 is 10.2 Å². The van der Waals surface area contributed by atoms with E-state index in [9.17, 15) is 14.0 Å². The van der Waals surface area contributed by atoms with Crippen LogP contribution in [0.2, 0.25) is 5.15 Å². The molecular formula is C19H20ClFN5O2+. The quantitative estimate of drug-likeness (QED) is 0.772. The number of nitrogens with two attached hydrogens (primary N) is 1. The van der Waals surface area contributed by atoms with Crippen molar-refractivity contribution in [1.82, 2.24) is 10.2 Å². The normalized spacial score (nSPS) is 20.9. The first-order chi connectivity index (χ1) is 13.5. The molecule has 0 radical (unpaired) electrons. The van der Waals surface area contributed by atoms with Gasteiger partial charge >= 0.3 is 0 Å². The van der Waals surface area contributed by atoms with E-state index in [4.69, 9.17) is 11.6 Å². The molecule has 2 aromatic rings. The van der Waals surface area contributed by atoms with Crippen molar-refractivity contribution in [2.24, 2.45) is 0 Å². The molecule has 0 unspecified atom stereocenters. The van der Waals surface area contributed by atoms with Crippen LogP contribution >= 0.6 is 11.6 Å². The molecule has 0 saturated carbocycles. The van der Waals surface area contributed by atoms with Crippen molar-refractivity contribution in [3.8, 4) is 0 Å². The van der Waals surface area contributed by atoms with Gasteiger partial charge in [-0.15, -0.1) is 10.2 Å². The maximum atomic E-state index is 13.1. The number of hydrogen-bond donors (Lipinski definition) is 1. The zero-order valence-electron chi connectivity index (χ0n) is 15.1. The minimum atomic E-state index is -0.426. The van der Waals surface area contributed by atoms with Crippen molar-refractivity contribution in [2.75, 3.05) is 22.9 Å². The molecule has 2 fully saturated rings. The molecule has 9 heteroatoms. The van der Waals surface area contributed by atoms with Crippen molar-refractivity contribution in [3.05, 3.63) is 47.4 Å². The number of aromatic nitrogens is 2. The van der Waals surface area contributed by atoms with Crippen molar-refractivity contribution in [3.63, 3.8) is 0 Å². The Labute approximate surface area is 166 Å². The van der Waals surface area contributed by atoms with E-state index >= 15 is 0 Å². The van der Waals surface area contributed by atoms with Gasteiger partial charge in [0.15, 0.2) is 17.0 Å². The Bertz CT molecular complexity index is 869. The molecule has 146 valence electrons. The van der Waals surface area contributed by atoms with Crippen molar-refractivity contribution in [1.29, 1.82) is 0 Å². The first kappa shape index (κ1) is 18.8. The predicted molar refractivity (Wildman–Crippen MR) is 102 cm³/mol. The molecule has 2 N–H and O–H groups in total. The summed E-state index contributed by atoms with van der Waals surface area (Å²) in [5.41, 5.74) is 0.420. The number of rotatable bonds is 4. The van der Waals surface area contributed by atoms with Crippen LogP contribution in [0.5, 0.6) is 0 Å². The van der Waals surface area contributed by atoms with E-state index < -0.39 is 11.9 Å².